The van der Waals surface area contributed by atoms with E-state index >= 15 is 0 Å². The van der Waals surface area contributed by atoms with Crippen LogP contribution in [-0.4, -0.2) is 31.3 Å². The number of methoxy groups -OCH3 is 1. The Morgan fingerprint density at radius 3 is 2.54 bits per heavy atom. The normalized spacial score (nSPS) is 28.6. The smallest absolute Gasteiger partial charge is 0.357 e. The highest BCUT2D eigenvalue weighted by Gasteiger charge is 2.37. The van der Waals surface area contributed by atoms with Crippen molar-refractivity contribution in [2.24, 2.45) is 5.92 Å². The van der Waals surface area contributed by atoms with Crippen molar-refractivity contribution in [3.05, 3.63) is 0 Å². The summed E-state index contributed by atoms with van der Waals surface area (Å²) in [6, 6.07) is 0. The van der Waals surface area contributed by atoms with Crippen molar-refractivity contribution >= 4 is 11.9 Å². The van der Waals surface area contributed by atoms with Gasteiger partial charge in [0.25, 0.3) is 5.91 Å². The average Bonchev–Trinajstić information content (AvgIpc) is 2.07. The molecule has 1 fully saturated rings. The highest BCUT2D eigenvalue weighted by atomic mass is 16.6. The molecule has 5 nitrogen and oxygen atoms in total. The Morgan fingerprint density at radius 2 is 2.08 bits per heavy atom. The third kappa shape index (κ3) is 1.98. The van der Waals surface area contributed by atoms with Gasteiger partial charge in [0.1, 0.15) is 0 Å². The second-order valence-corrected chi connectivity index (χ2v) is 3.23. The lowest BCUT2D eigenvalue weighted by Gasteiger charge is -2.29. The molecule has 1 aliphatic rings. The van der Waals surface area contributed by atoms with Gasteiger partial charge >= 0.3 is 5.97 Å². The van der Waals surface area contributed by atoms with E-state index in [-0.39, 0.29) is 11.8 Å². The van der Waals surface area contributed by atoms with Gasteiger partial charge in [-0.3, -0.25) is 4.79 Å². The van der Waals surface area contributed by atoms with E-state index in [2.05, 4.69) is 5.32 Å². The molecule has 1 N–H and O–H groups in total. The Bertz CT molecular complexity index is 226. The van der Waals surface area contributed by atoms with Gasteiger partial charge < -0.3 is 14.8 Å². The monoisotopic (exact) mass is 187 g/mol. The molecule has 0 spiro atoms. The van der Waals surface area contributed by atoms with Crippen LogP contribution in [0.15, 0.2) is 0 Å². The predicted molar refractivity (Wildman–Crippen MR) is 43.7 cm³/mol. The zero-order chi connectivity index (χ0) is 10.0. The predicted octanol–water partition coefficient (Wildman–Crippen LogP) is -0.344. The maximum Gasteiger partial charge on any atom is 0.357 e. The van der Waals surface area contributed by atoms with E-state index in [1.54, 1.807) is 0 Å². The molecule has 1 heterocycles. The summed E-state index contributed by atoms with van der Waals surface area (Å²) in [6.07, 6.45) is -1.65. The summed E-state index contributed by atoms with van der Waals surface area (Å²) >= 11 is 0. The SMILES string of the molecule is CO[C@@H]1NC(=O)[C@H](C(C)C)OC1=O. The molecule has 13 heavy (non-hydrogen) atoms. The molecule has 0 aliphatic carbocycles. The number of nitrogens with one attached hydrogen (secondary N) is 1. The van der Waals surface area contributed by atoms with Gasteiger partial charge in [-0.2, -0.15) is 0 Å². The van der Waals surface area contributed by atoms with Crippen molar-refractivity contribution in [1.29, 1.82) is 0 Å². The first-order valence-electron chi connectivity index (χ1n) is 4.10. The zero-order valence-corrected chi connectivity index (χ0v) is 7.87. The van der Waals surface area contributed by atoms with Gasteiger partial charge in [-0.1, -0.05) is 13.8 Å². The fourth-order valence-electron chi connectivity index (χ4n) is 1.10. The number of rotatable bonds is 2. The number of esters is 1. The van der Waals surface area contributed by atoms with Crippen LogP contribution in [0.3, 0.4) is 0 Å². The van der Waals surface area contributed by atoms with Crippen molar-refractivity contribution in [1.82, 2.24) is 5.32 Å². The maximum atomic E-state index is 11.3. The quantitative estimate of drug-likeness (QED) is 0.600. The standard InChI is InChI=1S/C8H13NO4/c1-4(2)5-6(10)9-7(12-3)8(11)13-5/h4-5,7H,1-3H3,(H,9,10)/t5-,7-/m0/s1. The molecular weight excluding hydrogens is 174 g/mol. The molecule has 1 rings (SSSR count). The van der Waals surface area contributed by atoms with E-state index in [0.717, 1.165) is 0 Å². The number of cyclic esters (lactones) is 1. The number of ether oxygens (including phenoxy) is 2. The summed E-state index contributed by atoms with van der Waals surface area (Å²) in [5.41, 5.74) is 0. The number of amides is 1. The first-order valence-corrected chi connectivity index (χ1v) is 4.10. The summed E-state index contributed by atoms with van der Waals surface area (Å²) < 4.78 is 9.58. The average molecular weight is 187 g/mol. The summed E-state index contributed by atoms with van der Waals surface area (Å²) in [6.45, 7) is 3.62. The molecule has 1 amide bonds. The minimum absolute atomic E-state index is 0.0262. The molecule has 0 radical (unpaired) electrons. The summed E-state index contributed by atoms with van der Waals surface area (Å²) in [7, 11) is 1.34. The van der Waals surface area contributed by atoms with Crippen LogP contribution >= 0.6 is 0 Å². The molecule has 1 aliphatic heterocycles. The number of hydrogen-bond acceptors (Lipinski definition) is 4. The summed E-state index contributed by atoms with van der Waals surface area (Å²) in [5, 5.41) is 2.41. The second kappa shape index (κ2) is 3.74. The number of carbonyl (C=O) groups excluding carboxylic acids is 2. The molecule has 5 heteroatoms. The third-order valence-electron chi connectivity index (χ3n) is 1.83. The van der Waals surface area contributed by atoms with Crippen LogP contribution < -0.4 is 5.32 Å². The fraction of sp³-hybridized carbons (Fsp3) is 0.750. The largest absolute Gasteiger partial charge is 0.449 e. The van der Waals surface area contributed by atoms with E-state index in [0.29, 0.717) is 0 Å². The van der Waals surface area contributed by atoms with Gasteiger partial charge in [-0.25, -0.2) is 4.79 Å². The lowest BCUT2D eigenvalue weighted by atomic mass is 10.1. The van der Waals surface area contributed by atoms with E-state index < -0.39 is 18.3 Å². The molecule has 0 aromatic heterocycles. The van der Waals surface area contributed by atoms with Crippen LogP contribution in [0.2, 0.25) is 0 Å². The maximum absolute atomic E-state index is 11.3. The Labute approximate surface area is 76.4 Å². The number of hydrogen-bond donors (Lipinski definition) is 1. The third-order valence-corrected chi connectivity index (χ3v) is 1.83. The van der Waals surface area contributed by atoms with Crippen molar-refractivity contribution in [2.75, 3.05) is 7.11 Å². The number of morpholine rings is 1. The molecule has 0 saturated carbocycles. The Hall–Kier alpha value is -1.10. The minimum atomic E-state index is -0.956. The molecule has 2 atom stereocenters. The summed E-state index contributed by atoms with van der Waals surface area (Å²) in [5.74, 6) is -0.871. The lowest BCUT2D eigenvalue weighted by molar-refractivity contribution is -0.180. The van der Waals surface area contributed by atoms with Gasteiger partial charge in [0.2, 0.25) is 6.23 Å². The van der Waals surface area contributed by atoms with Gasteiger partial charge in [0.05, 0.1) is 0 Å². The van der Waals surface area contributed by atoms with E-state index in [1.165, 1.54) is 7.11 Å². The fourth-order valence-corrected chi connectivity index (χ4v) is 1.10. The van der Waals surface area contributed by atoms with E-state index in [4.69, 9.17) is 9.47 Å². The van der Waals surface area contributed by atoms with Crippen molar-refractivity contribution in [3.8, 4) is 0 Å². The van der Waals surface area contributed by atoms with Gasteiger partial charge in [-0.05, 0) is 5.92 Å². The van der Waals surface area contributed by atoms with Crippen molar-refractivity contribution < 1.29 is 19.1 Å². The van der Waals surface area contributed by atoms with E-state index in [9.17, 15) is 9.59 Å². The van der Waals surface area contributed by atoms with Crippen LogP contribution in [-0.2, 0) is 19.1 Å². The first-order chi connectivity index (χ1) is 6.06. The summed E-state index contributed by atoms with van der Waals surface area (Å²) in [4.78, 5) is 22.4. The molecule has 0 bridgehead atoms. The molecule has 74 valence electrons. The van der Waals surface area contributed by atoms with Crippen LogP contribution in [0.5, 0.6) is 0 Å². The topological polar surface area (TPSA) is 64.6 Å². The van der Waals surface area contributed by atoms with Crippen LogP contribution in [0.4, 0.5) is 0 Å². The van der Waals surface area contributed by atoms with Crippen LogP contribution in [0.25, 0.3) is 0 Å². The molecular formula is C8H13NO4. The van der Waals surface area contributed by atoms with Crippen LogP contribution in [0, 0.1) is 5.92 Å². The van der Waals surface area contributed by atoms with E-state index in [1.807, 2.05) is 13.8 Å². The molecule has 0 unspecified atom stereocenters. The molecule has 0 aromatic carbocycles. The molecule has 0 aromatic rings. The Balaban J connectivity index is 2.67. The molecule has 1 saturated heterocycles. The minimum Gasteiger partial charge on any atom is -0.449 e. The second-order valence-electron chi connectivity index (χ2n) is 3.23. The lowest BCUT2D eigenvalue weighted by Crippen LogP contribution is -2.56. The Kier molecular flexibility index (Phi) is 2.87. The van der Waals surface area contributed by atoms with Crippen molar-refractivity contribution in [3.63, 3.8) is 0 Å². The van der Waals surface area contributed by atoms with Crippen LogP contribution in [0.1, 0.15) is 13.8 Å². The van der Waals surface area contributed by atoms with Crippen molar-refractivity contribution in [2.45, 2.75) is 26.2 Å². The van der Waals surface area contributed by atoms with Gasteiger partial charge in [0, 0.05) is 7.11 Å². The highest BCUT2D eigenvalue weighted by Crippen LogP contribution is 2.12. The van der Waals surface area contributed by atoms with Gasteiger partial charge in [0.15, 0.2) is 6.10 Å². The first kappa shape index (κ1) is 9.98. The zero-order valence-electron chi connectivity index (χ0n) is 7.87. The van der Waals surface area contributed by atoms with Gasteiger partial charge in [-0.15, -0.1) is 0 Å². The Morgan fingerprint density at radius 1 is 1.46 bits per heavy atom. The number of carbonyl (C=O) groups is 2. The highest BCUT2D eigenvalue weighted by molar-refractivity contribution is 5.91.